The molecule has 0 fully saturated rings. The third-order valence-corrected chi connectivity index (χ3v) is 12.4. The normalized spacial score (nSPS) is 17.5. The molecular weight excluding hydrogens is 686 g/mol. The number of thioether (sulfide) groups is 3. The topological polar surface area (TPSA) is 135 Å². The minimum atomic E-state index is -1.75. The van der Waals surface area contributed by atoms with Gasteiger partial charge in [0.1, 0.15) is 30.4 Å². The van der Waals surface area contributed by atoms with Gasteiger partial charge in [0.15, 0.2) is 0 Å². The molecule has 0 aliphatic carbocycles. The maximum Gasteiger partial charge on any atom is 0.345 e. The van der Waals surface area contributed by atoms with Crippen LogP contribution in [0.15, 0.2) is 67.7 Å². The van der Waals surface area contributed by atoms with Crippen LogP contribution in [0.5, 0.6) is 5.75 Å². The van der Waals surface area contributed by atoms with Crippen molar-refractivity contribution in [3.8, 4) is 5.75 Å². The summed E-state index contributed by atoms with van der Waals surface area (Å²) in [4.78, 5) is 69.6. The summed E-state index contributed by atoms with van der Waals surface area (Å²) in [6.07, 6.45) is 0. The van der Waals surface area contributed by atoms with Gasteiger partial charge in [-0.15, -0.1) is 0 Å². The SMILES string of the molecule is CCOc1cccc2c1N(C(=O)c1cccc(F)c1)C(C)(C)C1=C2C2(SC(C(=O)OC)=C(C(=O)OC)S2)C(C(=O)OC)=C(C(=O)OC)S1. The molecule has 252 valence electrons. The predicted octanol–water partition coefficient (Wildman–Crippen LogP) is 5.46. The molecule has 48 heavy (non-hydrogen) atoms. The highest BCUT2D eigenvalue weighted by molar-refractivity contribution is 8.26. The highest BCUT2D eigenvalue weighted by atomic mass is 32.2. The second-order valence-electron chi connectivity index (χ2n) is 10.8. The van der Waals surface area contributed by atoms with Crippen molar-refractivity contribution in [2.45, 2.75) is 30.4 Å². The average molecular weight is 716 g/mol. The Morgan fingerprint density at radius 2 is 1.35 bits per heavy atom. The maximum absolute atomic E-state index is 14.5. The number of nitrogens with zero attached hydrogens (tertiary/aromatic N) is 1. The Morgan fingerprint density at radius 3 is 1.90 bits per heavy atom. The molecule has 0 bridgehead atoms. The molecule has 3 aliphatic rings. The summed E-state index contributed by atoms with van der Waals surface area (Å²) in [5.74, 6) is -4.48. The smallest absolute Gasteiger partial charge is 0.345 e. The van der Waals surface area contributed by atoms with Crippen molar-refractivity contribution in [3.05, 3.63) is 84.6 Å². The van der Waals surface area contributed by atoms with E-state index in [1.807, 2.05) is 0 Å². The number of hydrogen-bond donors (Lipinski definition) is 0. The molecule has 11 nitrogen and oxygen atoms in total. The van der Waals surface area contributed by atoms with Crippen LogP contribution < -0.4 is 9.64 Å². The van der Waals surface area contributed by atoms with E-state index in [0.29, 0.717) is 21.8 Å². The number of ether oxygens (including phenoxy) is 5. The molecule has 5 rings (SSSR count). The van der Waals surface area contributed by atoms with Crippen LogP contribution in [0.2, 0.25) is 0 Å². The zero-order valence-electron chi connectivity index (χ0n) is 26.9. The molecule has 1 amide bonds. The lowest BCUT2D eigenvalue weighted by Crippen LogP contribution is -2.54. The Bertz CT molecular complexity index is 1840. The Balaban J connectivity index is 1.92. The van der Waals surface area contributed by atoms with E-state index < -0.39 is 45.2 Å². The quantitative estimate of drug-likeness (QED) is 0.266. The van der Waals surface area contributed by atoms with Crippen LogP contribution in [0.3, 0.4) is 0 Å². The van der Waals surface area contributed by atoms with E-state index >= 15 is 0 Å². The van der Waals surface area contributed by atoms with Crippen LogP contribution >= 0.6 is 35.3 Å². The van der Waals surface area contributed by atoms with E-state index in [0.717, 1.165) is 69.8 Å². The largest absolute Gasteiger partial charge is 0.492 e. The number of hydrogen-bond acceptors (Lipinski definition) is 13. The van der Waals surface area contributed by atoms with Gasteiger partial charge in [-0.3, -0.25) is 9.69 Å². The fourth-order valence-corrected chi connectivity index (χ4v) is 10.8. The van der Waals surface area contributed by atoms with Crippen molar-refractivity contribution in [1.29, 1.82) is 0 Å². The predicted molar refractivity (Wildman–Crippen MR) is 179 cm³/mol. The van der Waals surface area contributed by atoms with E-state index in [9.17, 15) is 28.4 Å². The third kappa shape index (κ3) is 5.47. The van der Waals surface area contributed by atoms with Crippen LogP contribution in [0.4, 0.5) is 10.1 Å². The van der Waals surface area contributed by atoms with Crippen molar-refractivity contribution in [2.24, 2.45) is 0 Å². The molecule has 2 aromatic rings. The maximum atomic E-state index is 14.5. The fourth-order valence-electron chi connectivity index (χ4n) is 5.70. The van der Waals surface area contributed by atoms with Gasteiger partial charge in [0.2, 0.25) is 0 Å². The number of benzene rings is 2. The number of para-hydroxylation sites is 1. The minimum absolute atomic E-state index is 0.0473. The summed E-state index contributed by atoms with van der Waals surface area (Å²) in [7, 11) is 4.56. The van der Waals surface area contributed by atoms with Crippen LogP contribution in [-0.4, -0.2) is 74.4 Å². The van der Waals surface area contributed by atoms with Gasteiger partial charge >= 0.3 is 23.9 Å². The van der Waals surface area contributed by atoms with Gasteiger partial charge in [-0.05, 0) is 45.0 Å². The van der Waals surface area contributed by atoms with Crippen LogP contribution in [-0.2, 0) is 38.1 Å². The Kier molecular flexibility index (Phi) is 9.77. The summed E-state index contributed by atoms with van der Waals surface area (Å²) >= 11 is 2.53. The van der Waals surface area contributed by atoms with Gasteiger partial charge in [0.05, 0.1) is 51.8 Å². The Hall–Kier alpha value is -4.21. The molecule has 3 heterocycles. The molecule has 0 radical (unpaired) electrons. The lowest BCUT2D eigenvalue weighted by atomic mass is 9.82. The second-order valence-corrected chi connectivity index (χ2v) is 14.5. The van der Waals surface area contributed by atoms with E-state index in [1.165, 1.54) is 23.1 Å². The van der Waals surface area contributed by atoms with Gasteiger partial charge in [-0.1, -0.05) is 53.5 Å². The Morgan fingerprint density at radius 1 is 0.792 bits per heavy atom. The molecule has 0 saturated carbocycles. The number of halogens is 1. The zero-order chi connectivity index (χ0) is 35.1. The van der Waals surface area contributed by atoms with E-state index in [4.69, 9.17) is 23.7 Å². The molecule has 0 saturated heterocycles. The monoisotopic (exact) mass is 715 g/mol. The van der Waals surface area contributed by atoms with Gasteiger partial charge in [-0.25, -0.2) is 23.6 Å². The lowest BCUT2D eigenvalue weighted by Gasteiger charge is -2.51. The average Bonchev–Trinajstić information content (AvgIpc) is 3.47. The van der Waals surface area contributed by atoms with E-state index in [-0.39, 0.29) is 38.1 Å². The van der Waals surface area contributed by atoms with Crippen molar-refractivity contribution < 1.29 is 52.0 Å². The number of anilines is 1. The van der Waals surface area contributed by atoms with Gasteiger partial charge in [-0.2, -0.15) is 0 Å². The zero-order valence-corrected chi connectivity index (χ0v) is 29.3. The van der Waals surface area contributed by atoms with E-state index in [1.54, 1.807) is 39.0 Å². The number of fused-ring (bicyclic) bond motifs is 3. The molecule has 0 N–H and O–H groups in total. The Labute approximate surface area is 288 Å². The number of amides is 1. The first-order valence-electron chi connectivity index (χ1n) is 14.3. The van der Waals surface area contributed by atoms with Gasteiger partial charge in [0, 0.05) is 21.6 Å². The number of methoxy groups -OCH3 is 4. The fraction of sp³-hybridized carbons (Fsp3) is 0.303. The number of esters is 4. The molecule has 1 spiro atoms. The second kappa shape index (κ2) is 13.4. The molecule has 3 aliphatic heterocycles. The molecular formula is C33H30FNO10S3. The number of rotatable bonds is 7. The highest BCUT2D eigenvalue weighted by Crippen LogP contribution is 2.71. The molecule has 15 heteroatoms. The molecule has 2 aromatic carbocycles. The van der Waals surface area contributed by atoms with Crippen molar-refractivity contribution in [1.82, 2.24) is 0 Å². The number of carbonyl (C=O) groups is 5. The summed E-state index contributed by atoms with van der Waals surface area (Å²) < 4.78 is 39.1. The number of carbonyl (C=O) groups excluding carboxylic acids is 5. The van der Waals surface area contributed by atoms with Crippen LogP contribution in [0.1, 0.15) is 36.7 Å². The summed E-state index contributed by atoms with van der Waals surface area (Å²) in [6.45, 7) is 5.44. The van der Waals surface area contributed by atoms with Gasteiger partial charge < -0.3 is 23.7 Å². The van der Waals surface area contributed by atoms with E-state index in [2.05, 4.69) is 0 Å². The summed E-state index contributed by atoms with van der Waals surface area (Å²) in [6, 6.07) is 10.3. The van der Waals surface area contributed by atoms with Crippen LogP contribution in [0, 0.1) is 5.82 Å². The lowest BCUT2D eigenvalue weighted by molar-refractivity contribution is -0.138. The standard InChI is InChI=1S/C33H30FNO10S3/c1-8-45-19-14-10-13-18-20-26(32(2,3)35(22(18)19)27(36)16-11-9-12-17(34)15-16)46-23(29(38)42-5)21(28(37)41-4)33(20)47-24(30(39)43-6)25(48-33)31(40)44-7/h9-15H,8H2,1-7H3. The van der Waals surface area contributed by atoms with Gasteiger partial charge in [0.25, 0.3) is 5.91 Å². The molecule has 0 atom stereocenters. The molecule has 0 aromatic heterocycles. The minimum Gasteiger partial charge on any atom is -0.492 e. The molecule has 0 unspecified atom stereocenters. The first-order valence-corrected chi connectivity index (χ1v) is 16.8. The third-order valence-electron chi connectivity index (χ3n) is 7.70. The summed E-state index contributed by atoms with van der Waals surface area (Å²) in [5.41, 5.74) is -0.433. The highest BCUT2D eigenvalue weighted by Gasteiger charge is 2.62. The summed E-state index contributed by atoms with van der Waals surface area (Å²) in [5, 5.41) is 0. The first kappa shape index (κ1) is 35.1. The van der Waals surface area contributed by atoms with Crippen molar-refractivity contribution >= 4 is 76.3 Å². The van der Waals surface area contributed by atoms with Crippen molar-refractivity contribution in [2.75, 3.05) is 39.9 Å². The first-order chi connectivity index (χ1) is 22.8. The van der Waals surface area contributed by atoms with Crippen LogP contribution in [0.25, 0.3) is 5.57 Å². The van der Waals surface area contributed by atoms with Crippen molar-refractivity contribution in [3.63, 3.8) is 0 Å².